The van der Waals surface area contributed by atoms with Crippen molar-refractivity contribution in [3.8, 4) is 0 Å². The van der Waals surface area contributed by atoms with Crippen molar-refractivity contribution in [1.82, 2.24) is 0 Å². The van der Waals surface area contributed by atoms with Crippen LogP contribution >= 0.6 is 0 Å². The Morgan fingerprint density at radius 3 is 2.52 bits per heavy atom. The highest BCUT2D eigenvalue weighted by Crippen LogP contribution is 2.15. The van der Waals surface area contributed by atoms with E-state index in [0.717, 1.165) is 12.3 Å². The molecule has 0 aromatic heterocycles. The Morgan fingerprint density at radius 1 is 1.16 bits per heavy atom. The molecular formula is C17H16FNO5S. The molecule has 1 amide bonds. The molecule has 132 valence electrons. The van der Waals surface area contributed by atoms with E-state index >= 15 is 0 Å². The van der Waals surface area contributed by atoms with Gasteiger partial charge in [0, 0.05) is 11.9 Å². The summed E-state index contributed by atoms with van der Waals surface area (Å²) in [5, 5.41) is 2.43. The molecule has 2 aromatic carbocycles. The number of anilines is 1. The van der Waals surface area contributed by atoms with E-state index in [0.29, 0.717) is 5.56 Å². The molecule has 0 aliphatic heterocycles. The van der Waals surface area contributed by atoms with Crippen LogP contribution in [0.15, 0.2) is 47.4 Å². The van der Waals surface area contributed by atoms with E-state index in [1.807, 2.05) is 0 Å². The molecule has 1 N–H and O–H groups in total. The number of sulfone groups is 1. The van der Waals surface area contributed by atoms with Crippen molar-refractivity contribution in [3.63, 3.8) is 0 Å². The Bertz CT molecular complexity index is 924. The lowest BCUT2D eigenvalue weighted by Crippen LogP contribution is -2.21. The van der Waals surface area contributed by atoms with Crippen LogP contribution in [-0.4, -0.2) is 33.2 Å². The summed E-state index contributed by atoms with van der Waals surface area (Å²) < 4.78 is 41.2. The molecule has 0 atom stereocenters. The zero-order valence-corrected chi connectivity index (χ0v) is 14.4. The van der Waals surface area contributed by atoms with Gasteiger partial charge in [0.1, 0.15) is 5.82 Å². The van der Waals surface area contributed by atoms with Crippen molar-refractivity contribution >= 4 is 27.4 Å². The highest BCUT2D eigenvalue weighted by molar-refractivity contribution is 7.90. The maximum Gasteiger partial charge on any atom is 0.338 e. The lowest BCUT2D eigenvalue weighted by molar-refractivity contribution is -0.119. The van der Waals surface area contributed by atoms with E-state index in [1.54, 1.807) is 6.92 Å². The van der Waals surface area contributed by atoms with Crippen LogP contribution in [0, 0.1) is 12.7 Å². The number of esters is 1. The number of benzene rings is 2. The van der Waals surface area contributed by atoms with Crippen LogP contribution in [0.1, 0.15) is 15.9 Å². The maximum absolute atomic E-state index is 13.4. The topological polar surface area (TPSA) is 89.5 Å². The summed E-state index contributed by atoms with van der Waals surface area (Å²) in [6, 6.07) is 9.54. The molecule has 0 fully saturated rings. The summed E-state index contributed by atoms with van der Waals surface area (Å²) in [7, 11) is -3.40. The highest BCUT2D eigenvalue weighted by atomic mass is 32.2. The third-order valence-corrected chi connectivity index (χ3v) is 4.40. The van der Waals surface area contributed by atoms with Gasteiger partial charge in [0.2, 0.25) is 0 Å². The highest BCUT2D eigenvalue weighted by Gasteiger charge is 2.13. The van der Waals surface area contributed by atoms with Crippen molar-refractivity contribution in [2.75, 3.05) is 18.2 Å². The predicted octanol–water partition coefficient (Wildman–Crippen LogP) is 2.33. The minimum atomic E-state index is -3.40. The summed E-state index contributed by atoms with van der Waals surface area (Å²) in [5.41, 5.74) is 0.639. The quantitative estimate of drug-likeness (QED) is 0.822. The molecule has 0 aliphatic rings. The Morgan fingerprint density at radius 2 is 1.88 bits per heavy atom. The van der Waals surface area contributed by atoms with Crippen LogP contribution < -0.4 is 5.32 Å². The molecule has 0 radical (unpaired) electrons. The van der Waals surface area contributed by atoms with Gasteiger partial charge in [0.05, 0.1) is 10.5 Å². The van der Waals surface area contributed by atoms with Crippen LogP contribution in [0.3, 0.4) is 0 Å². The number of ether oxygens (including phenoxy) is 1. The number of aryl methyl sites for hydroxylation is 1. The number of hydrogen-bond donors (Lipinski definition) is 1. The van der Waals surface area contributed by atoms with Crippen molar-refractivity contribution in [2.24, 2.45) is 0 Å². The normalized spacial score (nSPS) is 11.0. The van der Waals surface area contributed by atoms with Crippen LogP contribution in [0.2, 0.25) is 0 Å². The summed E-state index contributed by atoms with van der Waals surface area (Å²) in [4.78, 5) is 23.7. The molecule has 8 heteroatoms. The van der Waals surface area contributed by atoms with Crippen molar-refractivity contribution in [3.05, 3.63) is 59.4 Å². The number of halogens is 1. The van der Waals surface area contributed by atoms with E-state index in [9.17, 15) is 22.4 Å². The van der Waals surface area contributed by atoms with Gasteiger partial charge in [-0.15, -0.1) is 0 Å². The van der Waals surface area contributed by atoms with Crippen LogP contribution in [0.4, 0.5) is 10.1 Å². The first-order chi connectivity index (χ1) is 11.7. The predicted molar refractivity (Wildman–Crippen MR) is 89.6 cm³/mol. The third kappa shape index (κ3) is 5.12. The Hall–Kier alpha value is -2.74. The lowest BCUT2D eigenvalue weighted by Gasteiger charge is -2.08. The zero-order valence-electron chi connectivity index (χ0n) is 13.6. The number of carbonyl (C=O) groups is 2. The van der Waals surface area contributed by atoms with Crippen LogP contribution in [-0.2, 0) is 19.4 Å². The zero-order chi connectivity index (χ0) is 18.6. The van der Waals surface area contributed by atoms with Crippen LogP contribution in [0.25, 0.3) is 0 Å². The summed E-state index contributed by atoms with van der Waals surface area (Å²) >= 11 is 0. The van der Waals surface area contributed by atoms with Gasteiger partial charge < -0.3 is 10.1 Å². The van der Waals surface area contributed by atoms with Crippen molar-refractivity contribution < 1.29 is 27.1 Å². The van der Waals surface area contributed by atoms with E-state index in [4.69, 9.17) is 4.74 Å². The van der Waals surface area contributed by atoms with Crippen molar-refractivity contribution in [1.29, 1.82) is 0 Å². The Labute approximate surface area is 144 Å². The molecule has 0 heterocycles. The van der Waals surface area contributed by atoms with Gasteiger partial charge in [-0.1, -0.05) is 12.1 Å². The molecule has 0 unspecified atom stereocenters. The number of carbonyl (C=O) groups excluding carboxylic acids is 2. The third-order valence-electron chi connectivity index (χ3n) is 3.29. The van der Waals surface area contributed by atoms with Gasteiger partial charge >= 0.3 is 5.97 Å². The number of amides is 1. The SMILES string of the molecule is Cc1ccc(C(=O)OCC(=O)Nc2cccc(S(C)(=O)=O)c2)cc1F. The van der Waals surface area contributed by atoms with Crippen molar-refractivity contribution in [2.45, 2.75) is 11.8 Å². The molecule has 0 aliphatic carbocycles. The van der Waals surface area contributed by atoms with Gasteiger partial charge in [-0.2, -0.15) is 0 Å². The minimum absolute atomic E-state index is 0.00465. The molecule has 25 heavy (non-hydrogen) atoms. The largest absolute Gasteiger partial charge is 0.452 e. The van der Waals surface area contributed by atoms with E-state index in [-0.39, 0.29) is 16.1 Å². The molecule has 6 nitrogen and oxygen atoms in total. The fraction of sp³-hybridized carbons (Fsp3) is 0.176. The van der Waals surface area contributed by atoms with E-state index in [1.165, 1.54) is 36.4 Å². The number of hydrogen-bond acceptors (Lipinski definition) is 5. The first-order valence-electron chi connectivity index (χ1n) is 7.20. The van der Waals surface area contributed by atoms with Crippen LogP contribution in [0.5, 0.6) is 0 Å². The standard InChI is InChI=1S/C17H16FNO5S/c1-11-6-7-12(8-15(11)18)17(21)24-10-16(20)19-13-4-3-5-14(9-13)25(2,22)23/h3-9H,10H2,1-2H3,(H,19,20). The van der Waals surface area contributed by atoms with Gasteiger partial charge in [-0.05, 0) is 42.8 Å². The molecule has 0 spiro atoms. The average molecular weight is 365 g/mol. The second kappa shape index (κ2) is 7.43. The minimum Gasteiger partial charge on any atom is -0.452 e. The number of nitrogens with one attached hydrogen (secondary N) is 1. The maximum atomic E-state index is 13.4. The fourth-order valence-electron chi connectivity index (χ4n) is 1.94. The van der Waals surface area contributed by atoms with E-state index < -0.39 is 34.1 Å². The van der Waals surface area contributed by atoms with Gasteiger partial charge in [0.15, 0.2) is 16.4 Å². The first kappa shape index (κ1) is 18.6. The lowest BCUT2D eigenvalue weighted by atomic mass is 10.1. The number of rotatable bonds is 5. The Kier molecular flexibility index (Phi) is 5.53. The fourth-order valence-corrected chi connectivity index (χ4v) is 2.60. The van der Waals surface area contributed by atoms with E-state index in [2.05, 4.69) is 5.32 Å². The molecular weight excluding hydrogens is 349 g/mol. The summed E-state index contributed by atoms with van der Waals surface area (Å²) in [5.74, 6) is -2.03. The second-order valence-electron chi connectivity index (χ2n) is 5.39. The molecule has 2 aromatic rings. The monoisotopic (exact) mass is 365 g/mol. The second-order valence-corrected chi connectivity index (χ2v) is 7.40. The molecule has 0 saturated carbocycles. The van der Waals surface area contributed by atoms with Gasteiger partial charge in [0.25, 0.3) is 5.91 Å². The smallest absolute Gasteiger partial charge is 0.338 e. The molecule has 0 bridgehead atoms. The summed E-state index contributed by atoms with van der Waals surface area (Å²) in [6.45, 7) is 0.972. The average Bonchev–Trinajstić information content (AvgIpc) is 2.54. The van der Waals surface area contributed by atoms with Gasteiger partial charge in [-0.25, -0.2) is 17.6 Å². The Balaban J connectivity index is 1.96. The molecule has 2 rings (SSSR count). The summed E-state index contributed by atoms with van der Waals surface area (Å²) in [6.07, 6.45) is 1.05. The van der Waals surface area contributed by atoms with Gasteiger partial charge in [-0.3, -0.25) is 4.79 Å². The first-order valence-corrected chi connectivity index (χ1v) is 9.09. The molecule has 0 saturated heterocycles.